The van der Waals surface area contributed by atoms with Crippen LogP contribution in [0.2, 0.25) is 0 Å². The SMILES string of the molecule is O=C(OCc1ccccc1)N1c2ccccc2C[C@H]2CCC[C@H]21. The molecule has 0 N–H and O–H groups in total. The Morgan fingerprint density at radius 3 is 2.70 bits per heavy atom. The van der Waals surface area contributed by atoms with E-state index in [4.69, 9.17) is 4.74 Å². The third kappa shape index (κ3) is 2.72. The van der Waals surface area contributed by atoms with Crippen LogP contribution in [0.25, 0.3) is 0 Å². The summed E-state index contributed by atoms with van der Waals surface area (Å²) in [6.07, 6.45) is 4.37. The van der Waals surface area contributed by atoms with Gasteiger partial charge in [0.2, 0.25) is 0 Å². The Balaban J connectivity index is 1.57. The van der Waals surface area contributed by atoms with Gasteiger partial charge in [-0.1, -0.05) is 55.0 Å². The minimum absolute atomic E-state index is 0.210. The molecule has 1 heterocycles. The number of para-hydroxylation sites is 1. The van der Waals surface area contributed by atoms with Crippen molar-refractivity contribution in [2.24, 2.45) is 5.92 Å². The number of rotatable bonds is 2. The van der Waals surface area contributed by atoms with Crippen molar-refractivity contribution < 1.29 is 9.53 Å². The first kappa shape index (κ1) is 14.3. The average molecular weight is 307 g/mol. The third-order valence-corrected chi connectivity index (χ3v) is 5.09. The Morgan fingerprint density at radius 2 is 1.83 bits per heavy atom. The van der Waals surface area contributed by atoms with Gasteiger partial charge in [0.15, 0.2) is 0 Å². The predicted octanol–water partition coefficient (Wildman–Crippen LogP) is 4.55. The summed E-state index contributed by atoms with van der Waals surface area (Å²) in [6, 6.07) is 18.4. The highest BCUT2D eigenvalue weighted by molar-refractivity contribution is 5.90. The van der Waals surface area contributed by atoms with E-state index in [9.17, 15) is 4.79 Å². The Labute approximate surface area is 136 Å². The van der Waals surface area contributed by atoms with Crippen LogP contribution in [-0.2, 0) is 17.8 Å². The van der Waals surface area contributed by atoms with Crippen LogP contribution in [0.5, 0.6) is 0 Å². The van der Waals surface area contributed by atoms with Crippen molar-refractivity contribution in [1.29, 1.82) is 0 Å². The number of carbonyl (C=O) groups excluding carboxylic acids is 1. The molecule has 1 aliphatic heterocycles. The molecule has 1 fully saturated rings. The van der Waals surface area contributed by atoms with Crippen LogP contribution in [0.1, 0.15) is 30.4 Å². The van der Waals surface area contributed by atoms with Crippen LogP contribution >= 0.6 is 0 Å². The summed E-state index contributed by atoms with van der Waals surface area (Å²) in [7, 11) is 0. The minimum atomic E-state index is -0.210. The van der Waals surface area contributed by atoms with E-state index >= 15 is 0 Å². The second-order valence-electron chi connectivity index (χ2n) is 6.50. The van der Waals surface area contributed by atoms with Crippen LogP contribution < -0.4 is 4.90 Å². The van der Waals surface area contributed by atoms with Gasteiger partial charge < -0.3 is 4.74 Å². The zero-order chi connectivity index (χ0) is 15.6. The lowest BCUT2D eigenvalue weighted by atomic mass is 9.88. The van der Waals surface area contributed by atoms with Gasteiger partial charge in [-0.25, -0.2) is 4.79 Å². The number of nitrogens with zero attached hydrogens (tertiary/aromatic N) is 1. The Morgan fingerprint density at radius 1 is 1.04 bits per heavy atom. The lowest BCUT2D eigenvalue weighted by Crippen LogP contribution is -2.46. The first-order valence-electron chi connectivity index (χ1n) is 8.41. The molecule has 1 saturated carbocycles. The molecule has 0 radical (unpaired) electrons. The predicted molar refractivity (Wildman–Crippen MR) is 90.4 cm³/mol. The summed E-state index contributed by atoms with van der Waals surface area (Å²) in [4.78, 5) is 14.7. The van der Waals surface area contributed by atoms with Gasteiger partial charge in [0.25, 0.3) is 0 Å². The normalized spacial score (nSPS) is 22.3. The van der Waals surface area contributed by atoms with Gasteiger partial charge >= 0.3 is 6.09 Å². The smallest absolute Gasteiger partial charge is 0.414 e. The van der Waals surface area contributed by atoms with Crippen molar-refractivity contribution in [2.45, 2.75) is 38.3 Å². The van der Waals surface area contributed by atoms with E-state index in [0.29, 0.717) is 18.6 Å². The quantitative estimate of drug-likeness (QED) is 0.814. The maximum Gasteiger partial charge on any atom is 0.414 e. The van der Waals surface area contributed by atoms with Crippen molar-refractivity contribution in [2.75, 3.05) is 4.90 Å². The number of fused-ring (bicyclic) bond motifs is 2. The summed E-state index contributed by atoms with van der Waals surface area (Å²) in [5.41, 5.74) is 3.33. The molecule has 0 spiro atoms. The Bertz CT molecular complexity index is 698. The van der Waals surface area contributed by atoms with E-state index in [0.717, 1.165) is 24.1 Å². The lowest BCUT2D eigenvalue weighted by Gasteiger charge is -2.38. The second kappa shape index (κ2) is 6.07. The molecule has 0 bridgehead atoms. The molecular weight excluding hydrogens is 286 g/mol. The molecule has 0 unspecified atom stereocenters. The molecule has 4 rings (SSSR count). The monoisotopic (exact) mass is 307 g/mol. The molecule has 0 saturated heterocycles. The molecule has 2 aromatic rings. The number of hydrogen-bond acceptors (Lipinski definition) is 2. The second-order valence-corrected chi connectivity index (χ2v) is 6.50. The van der Waals surface area contributed by atoms with Gasteiger partial charge in [0.05, 0.1) is 5.69 Å². The highest BCUT2D eigenvalue weighted by Gasteiger charge is 2.40. The molecule has 2 aromatic carbocycles. The standard InChI is InChI=1S/C20H21NO2/c22-20(23-14-15-7-2-1-3-8-15)21-18-11-5-4-9-16(18)13-17-10-6-12-19(17)21/h1-5,7-9,11,17,19H,6,10,12-14H2/t17-,19-/m1/s1. The van der Waals surface area contributed by atoms with Crippen LogP contribution in [0.3, 0.4) is 0 Å². The number of amides is 1. The fourth-order valence-electron chi connectivity index (χ4n) is 4.00. The largest absolute Gasteiger partial charge is 0.444 e. The topological polar surface area (TPSA) is 29.5 Å². The molecule has 2 aliphatic rings. The molecule has 1 amide bonds. The number of carbonyl (C=O) groups is 1. The Hall–Kier alpha value is -2.29. The van der Waals surface area contributed by atoms with E-state index in [-0.39, 0.29) is 6.09 Å². The van der Waals surface area contributed by atoms with Crippen molar-refractivity contribution in [3.63, 3.8) is 0 Å². The van der Waals surface area contributed by atoms with Gasteiger partial charge in [-0.3, -0.25) is 4.90 Å². The summed E-state index contributed by atoms with van der Waals surface area (Å²) < 4.78 is 5.62. The summed E-state index contributed by atoms with van der Waals surface area (Å²) in [6.45, 7) is 0.329. The molecular formula is C20H21NO2. The van der Waals surface area contributed by atoms with Crippen LogP contribution in [-0.4, -0.2) is 12.1 Å². The summed E-state index contributed by atoms with van der Waals surface area (Å²) in [5.74, 6) is 0.578. The van der Waals surface area contributed by atoms with Crippen molar-refractivity contribution >= 4 is 11.8 Å². The van der Waals surface area contributed by atoms with E-state index in [1.807, 2.05) is 47.4 Å². The fourth-order valence-corrected chi connectivity index (χ4v) is 4.00. The maximum absolute atomic E-state index is 12.8. The number of hydrogen-bond donors (Lipinski definition) is 0. The summed E-state index contributed by atoms with van der Waals surface area (Å²) in [5, 5.41) is 0. The molecule has 1 aliphatic carbocycles. The van der Waals surface area contributed by atoms with Gasteiger partial charge in [0.1, 0.15) is 6.61 Å². The number of benzene rings is 2. The highest BCUT2D eigenvalue weighted by atomic mass is 16.6. The van der Waals surface area contributed by atoms with Crippen LogP contribution in [0.4, 0.5) is 10.5 Å². The molecule has 3 nitrogen and oxygen atoms in total. The van der Waals surface area contributed by atoms with Crippen LogP contribution in [0, 0.1) is 5.92 Å². The lowest BCUT2D eigenvalue weighted by molar-refractivity contribution is 0.142. The molecule has 23 heavy (non-hydrogen) atoms. The molecule has 2 atom stereocenters. The van der Waals surface area contributed by atoms with Gasteiger partial charge in [-0.15, -0.1) is 0 Å². The van der Waals surface area contributed by atoms with E-state index in [1.54, 1.807) is 0 Å². The molecule has 0 aromatic heterocycles. The molecule has 118 valence electrons. The van der Waals surface area contributed by atoms with E-state index < -0.39 is 0 Å². The maximum atomic E-state index is 12.8. The zero-order valence-electron chi connectivity index (χ0n) is 13.2. The summed E-state index contributed by atoms with van der Waals surface area (Å²) >= 11 is 0. The number of anilines is 1. The minimum Gasteiger partial charge on any atom is -0.444 e. The first-order valence-corrected chi connectivity index (χ1v) is 8.41. The van der Waals surface area contributed by atoms with Crippen molar-refractivity contribution in [3.05, 3.63) is 65.7 Å². The van der Waals surface area contributed by atoms with Crippen molar-refractivity contribution in [3.8, 4) is 0 Å². The van der Waals surface area contributed by atoms with E-state index in [2.05, 4.69) is 12.1 Å². The van der Waals surface area contributed by atoms with Gasteiger partial charge in [0, 0.05) is 6.04 Å². The van der Waals surface area contributed by atoms with Crippen molar-refractivity contribution in [1.82, 2.24) is 0 Å². The first-order chi connectivity index (χ1) is 11.3. The molecule has 3 heteroatoms. The number of ether oxygens (including phenoxy) is 1. The fraction of sp³-hybridized carbons (Fsp3) is 0.350. The Kier molecular flexibility index (Phi) is 3.78. The third-order valence-electron chi connectivity index (χ3n) is 5.09. The highest BCUT2D eigenvalue weighted by Crippen LogP contribution is 2.42. The zero-order valence-corrected chi connectivity index (χ0v) is 13.2. The van der Waals surface area contributed by atoms with Gasteiger partial charge in [-0.2, -0.15) is 0 Å². The average Bonchev–Trinajstić information content (AvgIpc) is 3.06. The van der Waals surface area contributed by atoms with E-state index in [1.165, 1.54) is 18.4 Å². The van der Waals surface area contributed by atoms with Gasteiger partial charge in [-0.05, 0) is 42.4 Å². The van der Waals surface area contributed by atoms with Crippen LogP contribution in [0.15, 0.2) is 54.6 Å².